The number of hydrogen-bond donors (Lipinski definition) is 0. The Kier molecular flexibility index (Phi) is 6.06. The zero-order chi connectivity index (χ0) is 22.2. The maximum absolute atomic E-state index is 12.8. The summed E-state index contributed by atoms with van der Waals surface area (Å²) in [6, 6.07) is 7.89. The predicted molar refractivity (Wildman–Crippen MR) is 119 cm³/mol. The second-order valence-corrected chi connectivity index (χ2v) is 11.2. The Morgan fingerprint density at radius 3 is 2.65 bits per heavy atom. The molecule has 1 aromatic carbocycles. The van der Waals surface area contributed by atoms with Gasteiger partial charge in [0.2, 0.25) is 0 Å². The predicted octanol–water partition coefficient (Wildman–Crippen LogP) is 3.22. The molecule has 1 amide bonds. The van der Waals surface area contributed by atoms with E-state index in [0.717, 1.165) is 5.52 Å². The molecule has 0 bridgehead atoms. The fourth-order valence-corrected chi connectivity index (χ4v) is 7.38. The number of hydrogen-bond acceptors (Lipinski definition) is 7. The van der Waals surface area contributed by atoms with Crippen molar-refractivity contribution >= 4 is 54.5 Å². The van der Waals surface area contributed by atoms with Gasteiger partial charge in [-0.3, -0.25) is 14.9 Å². The number of nitrogens with zero attached hydrogens (tertiary/aromatic N) is 4. The number of nitro benzene ring substituents is 1. The molecule has 1 aliphatic heterocycles. The number of sulfonamides is 1. The molecule has 3 heterocycles. The number of thiazole rings is 1. The van der Waals surface area contributed by atoms with Crippen molar-refractivity contribution in [1.29, 1.82) is 0 Å². The first-order valence-corrected chi connectivity index (χ1v) is 12.8. The van der Waals surface area contributed by atoms with Gasteiger partial charge in [-0.2, -0.15) is 9.30 Å². The maximum Gasteiger partial charge on any atom is 0.270 e. The fraction of sp³-hybridized carbons (Fsp3) is 0.368. The summed E-state index contributed by atoms with van der Waals surface area (Å²) < 4.78 is 29.6. The molecule has 2 aromatic heterocycles. The monoisotopic (exact) mass is 480 g/mol. The lowest BCUT2D eigenvalue weighted by molar-refractivity contribution is -0.384. The molecule has 31 heavy (non-hydrogen) atoms. The van der Waals surface area contributed by atoms with E-state index in [2.05, 4.69) is 4.99 Å². The molecule has 0 atom stereocenters. The van der Waals surface area contributed by atoms with Crippen molar-refractivity contribution in [3.63, 3.8) is 0 Å². The van der Waals surface area contributed by atoms with Gasteiger partial charge in [-0.25, -0.2) is 8.42 Å². The van der Waals surface area contributed by atoms with E-state index in [9.17, 15) is 23.3 Å². The number of thiophene rings is 1. The maximum atomic E-state index is 12.8. The van der Waals surface area contributed by atoms with Crippen LogP contribution in [-0.4, -0.2) is 41.2 Å². The van der Waals surface area contributed by atoms with Gasteiger partial charge in [0, 0.05) is 37.7 Å². The molecule has 0 saturated carbocycles. The lowest BCUT2D eigenvalue weighted by Crippen LogP contribution is -2.40. The van der Waals surface area contributed by atoms with Gasteiger partial charge in [-0.1, -0.05) is 17.4 Å². The Bertz CT molecular complexity index is 1300. The molecule has 0 spiro atoms. The van der Waals surface area contributed by atoms with Crippen LogP contribution in [0, 0.1) is 16.0 Å². The highest BCUT2D eigenvalue weighted by Crippen LogP contribution is 2.27. The minimum absolute atomic E-state index is 0.00537. The number of piperidine rings is 1. The van der Waals surface area contributed by atoms with Gasteiger partial charge >= 0.3 is 0 Å². The number of carbonyl (C=O) groups excluding carboxylic acids is 1. The fourth-order valence-electron chi connectivity index (χ4n) is 3.63. The minimum Gasteiger partial charge on any atom is -0.317 e. The van der Waals surface area contributed by atoms with Crippen LogP contribution >= 0.6 is 22.7 Å². The molecule has 0 unspecified atom stereocenters. The number of benzene rings is 1. The van der Waals surface area contributed by atoms with Crippen molar-refractivity contribution in [2.24, 2.45) is 10.9 Å². The van der Waals surface area contributed by atoms with Crippen LogP contribution in [0.4, 0.5) is 5.69 Å². The number of fused-ring (bicyclic) bond motifs is 1. The second-order valence-electron chi connectivity index (χ2n) is 7.10. The molecule has 0 N–H and O–H groups in total. The van der Waals surface area contributed by atoms with E-state index in [1.165, 1.54) is 39.1 Å². The minimum atomic E-state index is -3.51. The van der Waals surface area contributed by atoms with Crippen LogP contribution in [-0.2, 0) is 21.4 Å². The first-order valence-electron chi connectivity index (χ1n) is 9.71. The van der Waals surface area contributed by atoms with Crippen molar-refractivity contribution in [2.75, 3.05) is 13.1 Å². The third-order valence-corrected chi connectivity index (χ3v) is 9.60. The average molecular weight is 481 g/mol. The molecule has 12 heteroatoms. The van der Waals surface area contributed by atoms with E-state index in [-0.39, 0.29) is 30.6 Å². The van der Waals surface area contributed by atoms with Gasteiger partial charge in [0.25, 0.3) is 21.6 Å². The normalized spacial score (nSPS) is 16.7. The zero-order valence-electron chi connectivity index (χ0n) is 16.6. The number of carbonyl (C=O) groups is 1. The number of aromatic nitrogens is 1. The Morgan fingerprint density at radius 1 is 1.29 bits per heavy atom. The summed E-state index contributed by atoms with van der Waals surface area (Å²) >= 11 is 2.42. The Hall–Kier alpha value is -2.41. The van der Waals surface area contributed by atoms with E-state index in [1.807, 2.05) is 11.5 Å². The quantitative estimate of drug-likeness (QED) is 0.411. The largest absolute Gasteiger partial charge is 0.317 e. The standard InChI is InChI=1S/C19H20N4O5S3/c1-2-22-15-6-5-14(23(25)26)12-16(15)30-19(22)20-18(24)13-7-9-21(10-8-13)31(27,28)17-4-3-11-29-17/h3-6,11-13H,2,7-10H2,1H3. The molecular weight excluding hydrogens is 460 g/mol. The Balaban J connectivity index is 1.54. The SMILES string of the molecule is CCn1c(=NC(=O)C2CCN(S(=O)(=O)c3cccs3)CC2)sc2cc([N+](=O)[O-])ccc21. The summed E-state index contributed by atoms with van der Waals surface area (Å²) in [5, 5.41) is 12.8. The molecule has 1 saturated heterocycles. The smallest absolute Gasteiger partial charge is 0.270 e. The lowest BCUT2D eigenvalue weighted by Gasteiger charge is -2.29. The third-order valence-electron chi connectivity index (χ3n) is 5.29. The molecule has 1 aliphatic rings. The molecule has 164 valence electrons. The van der Waals surface area contributed by atoms with Crippen molar-refractivity contribution in [3.8, 4) is 0 Å². The van der Waals surface area contributed by atoms with Crippen molar-refractivity contribution in [3.05, 3.63) is 50.6 Å². The lowest BCUT2D eigenvalue weighted by atomic mass is 9.98. The second kappa shape index (κ2) is 8.61. The molecule has 0 aliphatic carbocycles. The van der Waals surface area contributed by atoms with Crippen molar-refractivity contribution in [1.82, 2.24) is 8.87 Å². The van der Waals surface area contributed by atoms with Crippen molar-refractivity contribution < 1.29 is 18.1 Å². The van der Waals surface area contributed by atoms with E-state index in [1.54, 1.807) is 23.6 Å². The van der Waals surface area contributed by atoms with E-state index in [0.29, 0.717) is 33.1 Å². The van der Waals surface area contributed by atoms with E-state index >= 15 is 0 Å². The highest BCUT2D eigenvalue weighted by Gasteiger charge is 2.32. The van der Waals surface area contributed by atoms with Crippen LogP contribution in [0.1, 0.15) is 19.8 Å². The molecular formula is C19H20N4O5S3. The summed E-state index contributed by atoms with van der Waals surface area (Å²) in [6.07, 6.45) is 0.824. The summed E-state index contributed by atoms with van der Waals surface area (Å²) in [5.41, 5.74) is 0.788. The summed E-state index contributed by atoms with van der Waals surface area (Å²) in [4.78, 5) is 28.2. The average Bonchev–Trinajstić information content (AvgIpc) is 3.41. The molecule has 1 fully saturated rings. The first-order chi connectivity index (χ1) is 14.8. The summed E-state index contributed by atoms with van der Waals surface area (Å²) in [5.74, 6) is -0.629. The highest BCUT2D eigenvalue weighted by molar-refractivity contribution is 7.91. The Morgan fingerprint density at radius 2 is 2.03 bits per heavy atom. The van der Waals surface area contributed by atoms with Gasteiger partial charge in [0.1, 0.15) is 4.21 Å². The number of nitro groups is 1. The van der Waals surface area contributed by atoms with E-state index in [4.69, 9.17) is 0 Å². The zero-order valence-corrected chi connectivity index (χ0v) is 19.1. The van der Waals surface area contributed by atoms with Crippen LogP contribution in [0.2, 0.25) is 0 Å². The van der Waals surface area contributed by atoms with Crippen LogP contribution in [0.3, 0.4) is 0 Å². The van der Waals surface area contributed by atoms with Crippen LogP contribution in [0.15, 0.2) is 44.9 Å². The van der Waals surface area contributed by atoms with Crippen LogP contribution < -0.4 is 4.80 Å². The van der Waals surface area contributed by atoms with E-state index < -0.39 is 14.9 Å². The van der Waals surface area contributed by atoms with Gasteiger partial charge in [-0.05, 0) is 37.3 Å². The van der Waals surface area contributed by atoms with Gasteiger partial charge in [0.05, 0.1) is 15.1 Å². The number of non-ortho nitro benzene ring substituents is 1. The highest BCUT2D eigenvalue weighted by atomic mass is 32.2. The number of amides is 1. The molecule has 4 rings (SSSR count). The molecule has 3 aromatic rings. The summed E-state index contributed by atoms with van der Waals surface area (Å²) in [6.45, 7) is 3.05. The van der Waals surface area contributed by atoms with Gasteiger partial charge in [0.15, 0.2) is 4.80 Å². The molecule has 0 radical (unpaired) electrons. The molecule has 9 nitrogen and oxygen atoms in total. The number of rotatable bonds is 5. The first kappa shape index (κ1) is 21.8. The Labute approximate surface area is 186 Å². The van der Waals surface area contributed by atoms with Gasteiger partial charge in [-0.15, -0.1) is 11.3 Å². The van der Waals surface area contributed by atoms with Crippen LogP contribution in [0.25, 0.3) is 10.2 Å². The van der Waals surface area contributed by atoms with Crippen LogP contribution in [0.5, 0.6) is 0 Å². The number of aryl methyl sites for hydroxylation is 1. The third kappa shape index (κ3) is 4.20. The van der Waals surface area contributed by atoms with Crippen molar-refractivity contribution in [2.45, 2.75) is 30.5 Å². The topological polar surface area (TPSA) is 115 Å². The summed E-state index contributed by atoms with van der Waals surface area (Å²) in [7, 11) is -3.51. The van der Waals surface area contributed by atoms with Gasteiger partial charge < -0.3 is 4.57 Å².